The summed E-state index contributed by atoms with van der Waals surface area (Å²) in [4.78, 5) is 0. The SMILES string of the molecule is N#Cc1cscc1F. The molecule has 0 aliphatic heterocycles. The Morgan fingerprint density at radius 2 is 2.38 bits per heavy atom. The number of nitrogens with zero attached hydrogens (tertiary/aromatic N) is 1. The van der Waals surface area contributed by atoms with Gasteiger partial charge in [-0.2, -0.15) is 5.26 Å². The molecule has 0 spiro atoms. The van der Waals surface area contributed by atoms with E-state index < -0.39 is 5.82 Å². The van der Waals surface area contributed by atoms with Gasteiger partial charge in [0.1, 0.15) is 6.07 Å². The fourth-order valence-electron chi connectivity index (χ4n) is 0.361. The lowest BCUT2D eigenvalue weighted by Gasteiger charge is -1.72. The average Bonchev–Trinajstić information content (AvgIpc) is 2.14. The van der Waals surface area contributed by atoms with Gasteiger partial charge in [-0.3, -0.25) is 0 Å². The number of nitriles is 1. The summed E-state index contributed by atoms with van der Waals surface area (Å²) in [6, 6.07) is 1.71. The van der Waals surface area contributed by atoms with E-state index in [-0.39, 0.29) is 5.56 Å². The first kappa shape index (κ1) is 5.26. The normalized spacial score (nSPS) is 8.50. The molecule has 0 N–H and O–H groups in total. The summed E-state index contributed by atoms with van der Waals surface area (Å²) in [6.45, 7) is 0. The van der Waals surface area contributed by atoms with Crippen LogP contribution in [0, 0.1) is 17.1 Å². The van der Waals surface area contributed by atoms with Crippen molar-refractivity contribution < 1.29 is 4.39 Å². The van der Waals surface area contributed by atoms with Crippen molar-refractivity contribution in [3.8, 4) is 6.07 Å². The molecule has 1 nitrogen and oxygen atoms in total. The van der Waals surface area contributed by atoms with E-state index in [4.69, 9.17) is 5.26 Å². The fraction of sp³-hybridized carbons (Fsp3) is 0. The van der Waals surface area contributed by atoms with Crippen molar-refractivity contribution in [1.82, 2.24) is 0 Å². The van der Waals surface area contributed by atoms with Gasteiger partial charge in [0.05, 0.1) is 5.56 Å². The maximum absolute atomic E-state index is 12.1. The highest BCUT2D eigenvalue weighted by Gasteiger charge is 1.97. The summed E-state index contributed by atoms with van der Waals surface area (Å²) in [5, 5.41) is 10.9. The lowest BCUT2D eigenvalue weighted by Crippen LogP contribution is -1.68. The number of hydrogen-bond donors (Lipinski definition) is 0. The molecule has 40 valence electrons. The van der Waals surface area contributed by atoms with Crippen LogP contribution in [0.3, 0.4) is 0 Å². The van der Waals surface area contributed by atoms with Crippen molar-refractivity contribution >= 4 is 11.3 Å². The molecular formula is C5H2FNS. The predicted molar refractivity (Wildman–Crippen MR) is 29.0 cm³/mol. The molecule has 0 saturated carbocycles. The Hall–Kier alpha value is -0.880. The second-order valence-corrected chi connectivity index (χ2v) is 1.99. The van der Waals surface area contributed by atoms with Crippen LogP contribution in [0.1, 0.15) is 5.56 Å². The van der Waals surface area contributed by atoms with Gasteiger partial charge in [-0.15, -0.1) is 11.3 Å². The van der Waals surface area contributed by atoms with Crippen molar-refractivity contribution in [2.45, 2.75) is 0 Å². The maximum Gasteiger partial charge on any atom is 0.151 e. The minimum absolute atomic E-state index is 0.134. The first-order valence-corrected chi connectivity index (χ1v) is 2.90. The quantitative estimate of drug-likeness (QED) is 0.521. The van der Waals surface area contributed by atoms with Crippen LogP contribution in [-0.2, 0) is 0 Å². The van der Waals surface area contributed by atoms with Crippen molar-refractivity contribution in [3.63, 3.8) is 0 Å². The molecular weight excluding hydrogens is 125 g/mol. The van der Waals surface area contributed by atoms with Crippen LogP contribution < -0.4 is 0 Å². The third kappa shape index (κ3) is 0.703. The molecule has 1 heterocycles. The van der Waals surface area contributed by atoms with Gasteiger partial charge in [-0.1, -0.05) is 0 Å². The number of halogens is 1. The van der Waals surface area contributed by atoms with Crippen LogP contribution in [-0.4, -0.2) is 0 Å². The van der Waals surface area contributed by atoms with Crippen molar-refractivity contribution in [1.29, 1.82) is 5.26 Å². The van der Waals surface area contributed by atoms with Crippen molar-refractivity contribution in [3.05, 3.63) is 22.1 Å². The first-order chi connectivity index (χ1) is 3.84. The average molecular weight is 127 g/mol. The molecule has 1 aromatic rings. The minimum atomic E-state index is -0.419. The highest BCUT2D eigenvalue weighted by molar-refractivity contribution is 7.08. The summed E-state index contributed by atoms with van der Waals surface area (Å²) in [6.07, 6.45) is 0. The molecule has 0 aliphatic rings. The van der Waals surface area contributed by atoms with Gasteiger partial charge in [0.15, 0.2) is 5.82 Å². The van der Waals surface area contributed by atoms with E-state index >= 15 is 0 Å². The van der Waals surface area contributed by atoms with Crippen LogP contribution in [0.5, 0.6) is 0 Å². The van der Waals surface area contributed by atoms with Crippen LogP contribution in [0.4, 0.5) is 4.39 Å². The van der Waals surface area contributed by atoms with Crippen LogP contribution in [0.15, 0.2) is 10.8 Å². The molecule has 0 saturated heterocycles. The highest BCUT2D eigenvalue weighted by atomic mass is 32.1. The number of thiophene rings is 1. The molecule has 1 aromatic heterocycles. The van der Waals surface area contributed by atoms with Crippen LogP contribution in [0.25, 0.3) is 0 Å². The monoisotopic (exact) mass is 127 g/mol. The number of hydrogen-bond acceptors (Lipinski definition) is 2. The molecule has 0 aliphatic carbocycles. The van der Waals surface area contributed by atoms with E-state index in [1.807, 2.05) is 0 Å². The molecule has 0 amide bonds. The lowest BCUT2D eigenvalue weighted by molar-refractivity contribution is 0.630. The smallest absolute Gasteiger partial charge is 0.151 e. The van der Waals surface area contributed by atoms with E-state index in [1.165, 1.54) is 22.1 Å². The van der Waals surface area contributed by atoms with Gasteiger partial charge in [0.2, 0.25) is 0 Å². The van der Waals surface area contributed by atoms with E-state index in [0.29, 0.717) is 0 Å². The molecule has 8 heavy (non-hydrogen) atoms. The second-order valence-electron chi connectivity index (χ2n) is 1.25. The minimum Gasteiger partial charge on any atom is -0.205 e. The topological polar surface area (TPSA) is 23.8 Å². The standard InChI is InChI=1S/C5H2FNS/c6-5-3-8-2-4(5)1-7/h2-3H. The molecule has 0 bridgehead atoms. The first-order valence-electron chi connectivity index (χ1n) is 1.96. The van der Waals surface area contributed by atoms with E-state index in [1.54, 1.807) is 6.07 Å². The lowest BCUT2D eigenvalue weighted by atomic mass is 10.4. The van der Waals surface area contributed by atoms with E-state index in [2.05, 4.69) is 0 Å². The summed E-state index contributed by atoms with van der Waals surface area (Å²) >= 11 is 1.19. The Labute approximate surface area is 50.0 Å². The predicted octanol–water partition coefficient (Wildman–Crippen LogP) is 1.76. The third-order valence-electron chi connectivity index (χ3n) is 0.735. The fourth-order valence-corrected chi connectivity index (χ4v) is 0.977. The molecule has 1 rings (SSSR count). The zero-order valence-electron chi connectivity index (χ0n) is 3.89. The maximum atomic E-state index is 12.1. The van der Waals surface area contributed by atoms with E-state index in [9.17, 15) is 4.39 Å². The second kappa shape index (κ2) is 1.93. The molecule has 0 fully saturated rings. The molecule has 0 radical (unpaired) electrons. The Bertz CT molecular complexity index is 223. The Kier molecular flexibility index (Phi) is 1.27. The van der Waals surface area contributed by atoms with Crippen molar-refractivity contribution in [2.75, 3.05) is 0 Å². The van der Waals surface area contributed by atoms with Gasteiger partial charge < -0.3 is 0 Å². The Balaban J connectivity index is 3.15. The number of rotatable bonds is 0. The Morgan fingerprint density at radius 3 is 2.62 bits per heavy atom. The molecule has 0 unspecified atom stereocenters. The molecule has 0 aromatic carbocycles. The van der Waals surface area contributed by atoms with E-state index in [0.717, 1.165) is 0 Å². The van der Waals surface area contributed by atoms with Gasteiger partial charge in [0.25, 0.3) is 0 Å². The summed E-state index contributed by atoms with van der Waals surface area (Å²) in [5.41, 5.74) is 0.134. The summed E-state index contributed by atoms with van der Waals surface area (Å²) in [5.74, 6) is -0.419. The van der Waals surface area contributed by atoms with Crippen LogP contribution >= 0.6 is 11.3 Å². The third-order valence-corrected chi connectivity index (χ3v) is 1.45. The van der Waals surface area contributed by atoms with Crippen molar-refractivity contribution in [2.24, 2.45) is 0 Å². The summed E-state index contributed by atoms with van der Waals surface area (Å²) < 4.78 is 12.1. The molecule has 0 atom stereocenters. The zero-order valence-corrected chi connectivity index (χ0v) is 4.70. The van der Waals surface area contributed by atoms with Gasteiger partial charge >= 0.3 is 0 Å². The van der Waals surface area contributed by atoms with Gasteiger partial charge in [-0.05, 0) is 0 Å². The Morgan fingerprint density at radius 1 is 1.62 bits per heavy atom. The highest BCUT2D eigenvalue weighted by Crippen LogP contribution is 2.10. The summed E-state index contributed by atoms with van der Waals surface area (Å²) in [7, 11) is 0. The zero-order chi connectivity index (χ0) is 5.98. The van der Waals surface area contributed by atoms with Gasteiger partial charge in [-0.25, -0.2) is 4.39 Å². The van der Waals surface area contributed by atoms with Crippen LogP contribution in [0.2, 0.25) is 0 Å². The largest absolute Gasteiger partial charge is 0.205 e. The van der Waals surface area contributed by atoms with Gasteiger partial charge in [0, 0.05) is 10.8 Å². The molecule has 3 heteroatoms.